The summed E-state index contributed by atoms with van der Waals surface area (Å²) in [6, 6.07) is 10.3. The van der Waals surface area contributed by atoms with E-state index < -0.39 is 0 Å². The minimum absolute atomic E-state index is 0.152. The Hall–Kier alpha value is -1.39. The Morgan fingerprint density at radius 2 is 2.00 bits per heavy atom. The van der Waals surface area contributed by atoms with E-state index >= 15 is 0 Å². The summed E-state index contributed by atoms with van der Waals surface area (Å²) in [5.74, 6) is 0.200. The molecule has 1 atom stereocenters. The molecule has 1 heterocycles. The largest absolute Gasteiger partial charge is 0.334 e. The normalized spacial score (nSPS) is 19.0. The van der Waals surface area contributed by atoms with Gasteiger partial charge in [0.25, 0.3) is 0 Å². The first-order valence-corrected chi connectivity index (χ1v) is 6.49. The van der Waals surface area contributed by atoms with Crippen molar-refractivity contribution in [1.82, 2.24) is 9.80 Å². The molecule has 1 saturated heterocycles. The molecule has 1 aliphatic heterocycles. The first-order valence-electron chi connectivity index (χ1n) is 6.49. The van der Waals surface area contributed by atoms with Gasteiger partial charge in [-0.2, -0.15) is 0 Å². The second kappa shape index (κ2) is 5.98. The number of carbonyl (C=O) groups excluding carboxylic acids is 1. The molecular weight excluding hydrogens is 226 g/mol. The topological polar surface area (TPSA) is 49.6 Å². The van der Waals surface area contributed by atoms with Crippen molar-refractivity contribution in [3.63, 3.8) is 0 Å². The third kappa shape index (κ3) is 2.89. The number of benzene rings is 1. The Bertz CT molecular complexity index is 393. The van der Waals surface area contributed by atoms with Gasteiger partial charge in [-0.3, -0.25) is 9.69 Å². The standard InChI is InChI=1S/C14H21N3O/c1-12(13-5-3-2-4-6-13)17-10-9-16(8-7-15)11-14(17)18/h2-6,12H,7-11,15H2,1H3. The average molecular weight is 247 g/mol. The van der Waals surface area contributed by atoms with Gasteiger partial charge in [-0.1, -0.05) is 30.3 Å². The van der Waals surface area contributed by atoms with E-state index in [2.05, 4.69) is 24.0 Å². The molecule has 0 radical (unpaired) electrons. The van der Waals surface area contributed by atoms with Gasteiger partial charge in [-0.05, 0) is 12.5 Å². The molecule has 0 saturated carbocycles. The van der Waals surface area contributed by atoms with Gasteiger partial charge in [-0.15, -0.1) is 0 Å². The van der Waals surface area contributed by atoms with Crippen LogP contribution < -0.4 is 5.73 Å². The second-order valence-electron chi connectivity index (χ2n) is 4.74. The van der Waals surface area contributed by atoms with Crippen LogP contribution in [0.25, 0.3) is 0 Å². The Morgan fingerprint density at radius 3 is 2.61 bits per heavy atom. The first-order chi connectivity index (χ1) is 8.72. The molecule has 1 aliphatic rings. The number of carbonyl (C=O) groups is 1. The zero-order valence-electron chi connectivity index (χ0n) is 10.9. The van der Waals surface area contributed by atoms with Crippen molar-refractivity contribution in [1.29, 1.82) is 0 Å². The van der Waals surface area contributed by atoms with Crippen LogP contribution in [0.15, 0.2) is 30.3 Å². The summed E-state index contributed by atoms with van der Waals surface area (Å²) in [6.45, 7) is 5.70. The van der Waals surface area contributed by atoms with E-state index in [0.29, 0.717) is 13.1 Å². The van der Waals surface area contributed by atoms with Crippen molar-refractivity contribution in [3.8, 4) is 0 Å². The predicted molar refractivity (Wildman–Crippen MR) is 72.1 cm³/mol. The summed E-state index contributed by atoms with van der Waals surface area (Å²) in [7, 11) is 0. The van der Waals surface area contributed by atoms with E-state index in [0.717, 1.165) is 19.6 Å². The molecule has 0 spiro atoms. The van der Waals surface area contributed by atoms with E-state index in [9.17, 15) is 4.79 Å². The van der Waals surface area contributed by atoms with Gasteiger partial charge in [0.15, 0.2) is 0 Å². The fourth-order valence-electron chi connectivity index (χ4n) is 2.43. The molecule has 2 N–H and O–H groups in total. The van der Waals surface area contributed by atoms with E-state index in [-0.39, 0.29) is 11.9 Å². The predicted octanol–water partition coefficient (Wildman–Crippen LogP) is 0.850. The molecule has 1 aromatic rings. The van der Waals surface area contributed by atoms with Crippen molar-refractivity contribution in [3.05, 3.63) is 35.9 Å². The third-order valence-electron chi connectivity index (χ3n) is 3.53. The molecule has 4 nitrogen and oxygen atoms in total. The number of nitrogens with two attached hydrogens (primary N) is 1. The van der Waals surface area contributed by atoms with E-state index in [1.165, 1.54) is 5.56 Å². The minimum Gasteiger partial charge on any atom is -0.334 e. The summed E-state index contributed by atoms with van der Waals surface area (Å²) < 4.78 is 0. The average Bonchev–Trinajstić information content (AvgIpc) is 2.40. The minimum atomic E-state index is 0.152. The molecule has 1 amide bonds. The number of piperazine rings is 1. The Morgan fingerprint density at radius 1 is 1.28 bits per heavy atom. The van der Waals surface area contributed by atoms with E-state index in [1.807, 2.05) is 23.1 Å². The van der Waals surface area contributed by atoms with Gasteiger partial charge in [0.1, 0.15) is 0 Å². The molecule has 1 unspecified atom stereocenters. The van der Waals surface area contributed by atoms with Crippen molar-refractivity contribution in [2.75, 3.05) is 32.7 Å². The highest BCUT2D eigenvalue weighted by Gasteiger charge is 2.27. The highest BCUT2D eigenvalue weighted by molar-refractivity contribution is 5.79. The van der Waals surface area contributed by atoms with Crippen LogP contribution in [0.1, 0.15) is 18.5 Å². The van der Waals surface area contributed by atoms with Crippen molar-refractivity contribution in [2.45, 2.75) is 13.0 Å². The lowest BCUT2D eigenvalue weighted by Gasteiger charge is -2.37. The smallest absolute Gasteiger partial charge is 0.237 e. The van der Waals surface area contributed by atoms with Crippen LogP contribution in [-0.4, -0.2) is 48.4 Å². The zero-order chi connectivity index (χ0) is 13.0. The first kappa shape index (κ1) is 13.1. The van der Waals surface area contributed by atoms with Gasteiger partial charge in [0.05, 0.1) is 12.6 Å². The second-order valence-corrected chi connectivity index (χ2v) is 4.74. The maximum Gasteiger partial charge on any atom is 0.237 e. The zero-order valence-corrected chi connectivity index (χ0v) is 10.9. The molecule has 1 aromatic carbocycles. The summed E-state index contributed by atoms with van der Waals surface area (Å²) in [4.78, 5) is 16.2. The maximum atomic E-state index is 12.1. The van der Waals surface area contributed by atoms with Gasteiger partial charge >= 0.3 is 0 Å². The number of hydrogen-bond acceptors (Lipinski definition) is 3. The highest BCUT2D eigenvalue weighted by atomic mass is 16.2. The van der Waals surface area contributed by atoms with Gasteiger partial charge in [0, 0.05) is 26.2 Å². The van der Waals surface area contributed by atoms with Gasteiger partial charge < -0.3 is 10.6 Å². The van der Waals surface area contributed by atoms with Crippen LogP contribution in [0.5, 0.6) is 0 Å². The Kier molecular flexibility index (Phi) is 4.33. The maximum absolute atomic E-state index is 12.1. The summed E-state index contributed by atoms with van der Waals surface area (Å²) >= 11 is 0. The quantitative estimate of drug-likeness (QED) is 0.858. The molecule has 0 aromatic heterocycles. The van der Waals surface area contributed by atoms with Crippen molar-refractivity contribution < 1.29 is 4.79 Å². The lowest BCUT2D eigenvalue weighted by atomic mass is 10.1. The SMILES string of the molecule is CC(c1ccccc1)N1CCN(CCN)CC1=O. The number of nitrogens with zero attached hydrogens (tertiary/aromatic N) is 2. The summed E-state index contributed by atoms with van der Waals surface area (Å²) in [5, 5.41) is 0. The third-order valence-corrected chi connectivity index (χ3v) is 3.53. The highest BCUT2D eigenvalue weighted by Crippen LogP contribution is 2.21. The number of amides is 1. The molecule has 0 aliphatic carbocycles. The molecule has 4 heteroatoms. The van der Waals surface area contributed by atoms with E-state index in [1.54, 1.807) is 0 Å². The van der Waals surface area contributed by atoms with Crippen LogP contribution in [0, 0.1) is 0 Å². The van der Waals surface area contributed by atoms with E-state index in [4.69, 9.17) is 5.73 Å². The van der Waals surface area contributed by atoms with Crippen LogP contribution in [0.4, 0.5) is 0 Å². The molecular formula is C14H21N3O. The fourth-order valence-corrected chi connectivity index (χ4v) is 2.43. The monoisotopic (exact) mass is 247 g/mol. The van der Waals surface area contributed by atoms with Crippen molar-refractivity contribution in [2.24, 2.45) is 5.73 Å². The lowest BCUT2D eigenvalue weighted by Crippen LogP contribution is -2.51. The number of rotatable bonds is 4. The van der Waals surface area contributed by atoms with Crippen LogP contribution in [-0.2, 0) is 4.79 Å². The summed E-state index contributed by atoms with van der Waals surface area (Å²) in [5.41, 5.74) is 6.72. The molecule has 1 fully saturated rings. The van der Waals surface area contributed by atoms with Crippen LogP contribution in [0.2, 0.25) is 0 Å². The molecule has 98 valence electrons. The molecule has 0 bridgehead atoms. The fraction of sp³-hybridized carbons (Fsp3) is 0.500. The Labute approximate surface area is 108 Å². The van der Waals surface area contributed by atoms with Crippen LogP contribution >= 0.6 is 0 Å². The summed E-state index contributed by atoms with van der Waals surface area (Å²) in [6.07, 6.45) is 0. The lowest BCUT2D eigenvalue weighted by molar-refractivity contribution is -0.138. The Balaban J connectivity index is 2.00. The molecule has 18 heavy (non-hydrogen) atoms. The van der Waals surface area contributed by atoms with Gasteiger partial charge in [0.2, 0.25) is 5.91 Å². The molecule has 2 rings (SSSR count). The van der Waals surface area contributed by atoms with Gasteiger partial charge in [-0.25, -0.2) is 0 Å². The van der Waals surface area contributed by atoms with Crippen LogP contribution in [0.3, 0.4) is 0 Å². The number of hydrogen-bond donors (Lipinski definition) is 1. The van der Waals surface area contributed by atoms with Crippen molar-refractivity contribution >= 4 is 5.91 Å².